The molecule has 1 aliphatic carbocycles. The summed E-state index contributed by atoms with van der Waals surface area (Å²) in [6, 6.07) is 8.06. The number of allylic oxidation sites excluding steroid dienone is 1. The average molecular weight is 286 g/mol. The van der Waals surface area contributed by atoms with Gasteiger partial charge in [-0.05, 0) is 55.2 Å². The maximum Gasteiger partial charge on any atom is 0.333 e. The van der Waals surface area contributed by atoms with Crippen molar-refractivity contribution in [3.8, 4) is 5.75 Å². The third-order valence-corrected chi connectivity index (χ3v) is 4.05. The minimum atomic E-state index is -0.481. The molecule has 1 fully saturated rings. The number of hydrogen-bond donors (Lipinski definition) is 0. The van der Waals surface area contributed by atoms with Crippen molar-refractivity contribution in [1.82, 2.24) is 0 Å². The van der Waals surface area contributed by atoms with Crippen molar-refractivity contribution in [2.45, 2.75) is 31.6 Å². The summed E-state index contributed by atoms with van der Waals surface area (Å²) in [5.74, 6) is 1.54. The average Bonchev–Trinajstić information content (AvgIpc) is 2.55. The summed E-state index contributed by atoms with van der Waals surface area (Å²) in [4.78, 5) is 10.9. The Labute approximate surface area is 126 Å². The summed E-state index contributed by atoms with van der Waals surface area (Å²) in [7, 11) is 0. The smallest absolute Gasteiger partial charge is 0.333 e. The lowest BCUT2D eigenvalue weighted by Gasteiger charge is -2.27. The fraction of sp³-hybridized carbons (Fsp3) is 0.389. The van der Waals surface area contributed by atoms with Gasteiger partial charge in [0, 0.05) is 6.08 Å². The summed E-state index contributed by atoms with van der Waals surface area (Å²) >= 11 is 0. The van der Waals surface area contributed by atoms with E-state index in [1.807, 2.05) is 12.1 Å². The molecule has 2 rings (SSSR count). The fourth-order valence-electron chi connectivity index (χ4n) is 2.74. The van der Waals surface area contributed by atoms with Gasteiger partial charge in [0.05, 0.1) is 0 Å². The second-order valence-electron chi connectivity index (χ2n) is 5.35. The Morgan fingerprint density at radius 2 is 1.81 bits per heavy atom. The SMILES string of the molecule is C=CC(=O)OCOc1ccc(C2CCC(C=C)CC2)cc1. The monoisotopic (exact) mass is 286 g/mol. The molecular formula is C18H22O3. The van der Waals surface area contributed by atoms with Gasteiger partial charge in [0.1, 0.15) is 5.75 Å². The van der Waals surface area contributed by atoms with Crippen LogP contribution in [0.15, 0.2) is 49.6 Å². The summed E-state index contributed by atoms with van der Waals surface area (Å²) in [5, 5.41) is 0. The Bertz CT molecular complexity index is 482. The lowest BCUT2D eigenvalue weighted by molar-refractivity contribution is -0.144. The van der Waals surface area contributed by atoms with Gasteiger partial charge < -0.3 is 9.47 Å². The second kappa shape index (κ2) is 7.67. The first-order valence-corrected chi connectivity index (χ1v) is 7.37. The first-order valence-electron chi connectivity index (χ1n) is 7.37. The van der Waals surface area contributed by atoms with Crippen LogP contribution in [0.4, 0.5) is 0 Å². The van der Waals surface area contributed by atoms with Crippen molar-refractivity contribution >= 4 is 5.97 Å². The molecule has 0 spiro atoms. The van der Waals surface area contributed by atoms with Gasteiger partial charge in [-0.3, -0.25) is 0 Å². The molecule has 0 saturated heterocycles. The first-order chi connectivity index (χ1) is 10.2. The van der Waals surface area contributed by atoms with Crippen LogP contribution in [0.1, 0.15) is 37.2 Å². The lowest BCUT2D eigenvalue weighted by Crippen LogP contribution is -2.11. The maximum atomic E-state index is 10.9. The zero-order valence-electron chi connectivity index (χ0n) is 12.3. The van der Waals surface area contributed by atoms with Gasteiger partial charge in [0.15, 0.2) is 0 Å². The maximum absolute atomic E-state index is 10.9. The van der Waals surface area contributed by atoms with E-state index >= 15 is 0 Å². The molecule has 0 bridgehead atoms. The van der Waals surface area contributed by atoms with Crippen molar-refractivity contribution in [2.75, 3.05) is 6.79 Å². The second-order valence-corrected chi connectivity index (χ2v) is 5.35. The van der Waals surface area contributed by atoms with Crippen LogP contribution in [-0.2, 0) is 9.53 Å². The zero-order chi connectivity index (χ0) is 15.1. The van der Waals surface area contributed by atoms with Crippen LogP contribution in [0.5, 0.6) is 5.75 Å². The Morgan fingerprint density at radius 1 is 1.14 bits per heavy atom. The van der Waals surface area contributed by atoms with Crippen molar-refractivity contribution in [3.63, 3.8) is 0 Å². The van der Waals surface area contributed by atoms with Gasteiger partial charge >= 0.3 is 5.97 Å². The highest BCUT2D eigenvalue weighted by molar-refractivity contribution is 5.81. The third-order valence-electron chi connectivity index (χ3n) is 4.05. The molecule has 1 aromatic carbocycles. The molecule has 0 amide bonds. The van der Waals surface area contributed by atoms with Crippen LogP contribution in [0.3, 0.4) is 0 Å². The van der Waals surface area contributed by atoms with E-state index in [1.54, 1.807) is 0 Å². The molecule has 0 unspecified atom stereocenters. The minimum absolute atomic E-state index is 0.0886. The molecule has 0 N–H and O–H groups in total. The van der Waals surface area contributed by atoms with Crippen LogP contribution in [0.25, 0.3) is 0 Å². The van der Waals surface area contributed by atoms with Crippen LogP contribution in [-0.4, -0.2) is 12.8 Å². The van der Waals surface area contributed by atoms with E-state index in [-0.39, 0.29) is 6.79 Å². The van der Waals surface area contributed by atoms with Gasteiger partial charge in [-0.15, -0.1) is 6.58 Å². The minimum Gasteiger partial charge on any atom is -0.457 e. The standard InChI is InChI=1S/C18H22O3/c1-3-14-5-7-15(8-6-14)16-9-11-17(12-10-16)20-13-21-18(19)4-2/h3-4,9-12,14-15H,1-2,5-8,13H2. The van der Waals surface area contributed by atoms with E-state index in [1.165, 1.54) is 31.2 Å². The van der Waals surface area contributed by atoms with E-state index in [4.69, 9.17) is 9.47 Å². The lowest BCUT2D eigenvalue weighted by atomic mass is 9.79. The summed E-state index contributed by atoms with van der Waals surface area (Å²) in [6.07, 6.45) is 8.08. The number of hydrogen-bond acceptors (Lipinski definition) is 3. The molecule has 0 atom stereocenters. The number of carbonyl (C=O) groups excluding carboxylic acids is 1. The largest absolute Gasteiger partial charge is 0.457 e. The van der Waals surface area contributed by atoms with E-state index < -0.39 is 5.97 Å². The van der Waals surface area contributed by atoms with Gasteiger partial charge in [0.2, 0.25) is 6.79 Å². The number of rotatable bonds is 6. The molecule has 3 heteroatoms. The molecule has 21 heavy (non-hydrogen) atoms. The van der Waals surface area contributed by atoms with Gasteiger partial charge in [-0.2, -0.15) is 0 Å². The first kappa shape index (κ1) is 15.4. The molecule has 1 aromatic rings. The molecular weight excluding hydrogens is 264 g/mol. The van der Waals surface area contributed by atoms with Crippen molar-refractivity contribution in [3.05, 3.63) is 55.1 Å². The molecule has 1 aliphatic rings. The van der Waals surface area contributed by atoms with E-state index in [9.17, 15) is 4.79 Å². The summed E-state index contributed by atoms with van der Waals surface area (Å²) in [5.41, 5.74) is 1.35. The highest BCUT2D eigenvalue weighted by Crippen LogP contribution is 2.36. The van der Waals surface area contributed by atoms with Crippen LogP contribution in [0, 0.1) is 5.92 Å². The highest BCUT2D eigenvalue weighted by Gasteiger charge is 2.20. The van der Waals surface area contributed by atoms with Crippen molar-refractivity contribution < 1.29 is 14.3 Å². The number of benzene rings is 1. The van der Waals surface area contributed by atoms with Crippen molar-refractivity contribution in [1.29, 1.82) is 0 Å². The molecule has 112 valence electrons. The Hall–Kier alpha value is -2.03. The van der Waals surface area contributed by atoms with E-state index in [0.717, 1.165) is 6.08 Å². The Morgan fingerprint density at radius 3 is 2.38 bits per heavy atom. The summed E-state index contributed by atoms with van der Waals surface area (Å²) in [6.45, 7) is 7.12. The number of ether oxygens (including phenoxy) is 2. The molecule has 0 heterocycles. The Kier molecular flexibility index (Phi) is 5.61. The molecule has 3 nitrogen and oxygen atoms in total. The molecule has 0 aromatic heterocycles. The molecule has 0 radical (unpaired) electrons. The van der Waals surface area contributed by atoms with Crippen molar-refractivity contribution in [2.24, 2.45) is 5.92 Å². The number of esters is 1. The van der Waals surface area contributed by atoms with Gasteiger partial charge in [0.25, 0.3) is 0 Å². The van der Waals surface area contributed by atoms with Crippen LogP contribution >= 0.6 is 0 Å². The van der Waals surface area contributed by atoms with Gasteiger partial charge in [-0.25, -0.2) is 4.79 Å². The predicted octanol–water partition coefficient (Wildman–Crippen LogP) is 4.21. The van der Waals surface area contributed by atoms with E-state index in [0.29, 0.717) is 17.6 Å². The Balaban J connectivity index is 1.83. The predicted molar refractivity (Wildman–Crippen MR) is 83.1 cm³/mol. The van der Waals surface area contributed by atoms with E-state index in [2.05, 4.69) is 31.4 Å². The zero-order valence-corrected chi connectivity index (χ0v) is 12.3. The quantitative estimate of drug-likeness (QED) is 0.340. The fourth-order valence-corrected chi connectivity index (χ4v) is 2.74. The van der Waals surface area contributed by atoms with Crippen LogP contribution < -0.4 is 4.74 Å². The topological polar surface area (TPSA) is 35.5 Å². The van der Waals surface area contributed by atoms with Crippen LogP contribution in [0.2, 0.25) is 0 Å². The highest BCUT2D eigenvalue weighted by atomic mass is 16.7. The summed E-state index contributed by atoms with van der Waals surface area (Å²) < 4.78 is 10.1. The third kappa shape index (κ3) is 4.48. The number of carbonyl (C=O) groups is 1. The van der Waals surface area contributed by atoms with Gasteiger partial charge in [-0.1, -0.05) is 24.8 Å². The molecule has 0 aliphatic heterocycles. The normalized spacial score (nSPS) is 21.3. The molecule has 1 saturated carbocycles.